The fourth-order valence-corrected chi connectivity index (χ4v) is 2.60. The molecular formula is C15H13N3O2S. The minimum atomic E-state index is -0.257. The number of nitrogens with zero attached hydrogens (tertiary/aromatic N) is 2. The van der Waals surface area contributed by atoms with Crippen molar-refractivity contribution in [2.45, 2.75) is 13.5 Å². The number of rotatable bonds is 4. The van der Waals surface area contributed by atoms with E-state index in [4.69, 9.17) is 4.52 Å². The Hall–Kier alpha value is -2.47. The molecule has 0 aliphatic carbocycles. The quantitative estimate of drug-likeness (QED) is 0.804. The summed E-state index contributed by atoms with van der Waals surface area (Å²) in [6, 6.07) is 11.2. The van der Waals surface area contributed by atoms with Crippen LogP contribution in [0.3, 0.4) is 0 Å². The summed E-state index contributed by atoms with van der Waals surface area (Å²) >= 11 is 1.56. The lowest BCUT2D eigenvalue weighted by molar-refractivity contribution is 0.0942. The van der Waals surface area contributed by atoms with Gasteiger partial charge >= 0.3 is 0 Å². The smallest absolute Gasteiger partial charge is 0.273 e. The summed E-state index contributed by atoms with van der Waals surface area (Å²) < 4.78 is 5.21. The lowest BCUT2D eigenvalue weighted by atomic mass is 10.1. The highest BCUT2D eigenvalue weighted by Gasteiger charge is 2.13. The Morgan fingerprint density at radius 3 is 2.86 bits per heavy atom. The molecule has 0 bridgehead atoms. The molecule has 0 fully saturated rings. The van der Waals surface area contributed by atoms with Gasteiger partial charge in [-0.25, -0.2) is 4.98 Å². The van der Waals surface area contributed by atoms with Gasteiger partial charge in [0.1, 0.15) is 0 Å². The number of amides is 1. The molecule has 5 nitrogen and oxygen atoms in total. The number of hydrogen-bond acceptors (Lipinski definition) is 5. The van der Waals surface area contributed by atoms with Crippen molar-refractivity contribution in [3.05, 3.63) is 58.2 Å². The van der Waals surface area contributed by atoms with Crippen LogP contribution in [-0.4, -0.2) is 16.0 Å². The third-order valence-corrected chi connectivity index (χ3v) is 3.81. The third kappa shape index (κ3) is 3.17. The molecule has 21 heavy (non-hydrogen) atoms. The fraction of sp³-hybridized carbons (Fsp3) is 0.133. The molecule has 0 unspecified atom stereocenters. The van der Waals surface area contributed by atoms with E-state index >= 15 is 0 Å². The van der Waals surface area contributed by atoms with Gasteiger partial charge in [-0.3, -0.25) is 4.79 Å². The summed E-state index contributed by atoms with van der Waals surface area (Å²) in [6.45, 7) is 2.37. The zero-order chi connectivity index (χ0) is 14.7. The Morgan fingerprint density at radius 1 is 1.33 bits per heavy atom. The van der Waals surface area contributed by atoms with Crippen molar-refractivity contribution in [3.8, 4) is 11.3 Å². The first-order chi connectivity index (χ1) is 10.2. The molecule has 0 spiro atoms. The van der Waals surface area contributed by atoms with Crippen LogP contribution in [0.25, 0.3) is 11.3 Å². The van der Waals surface area contributed by atoms with Crippen LogP contribution in [0.2, 0.25) is 0 Å². The molecule has 1 aromatic carbocycles. The van der Waals surface area contributed by atoms with E-state index in [9.17, 15) is 4.79 Å². The Bertz CT molecular complexity index is 749. The first-order valence-corrected chi connectivity index (χ1v) is 7.25. The van der Waals surface area contributed by atoms with Crippen molar-refractivity contribution >= 4 is 17.2 Å². The van der Waals surface area contributed by atoms with Gasteiger partial charge in [-0.2, -0.15) is 0 Å². The highest BCUT2D eigenvalue weighted by molar-refractivity contribution is 7.11. The van der Waals surface area contributed by atoms with Gasteiger partial charge in [-0.1, -0.05) is 35.5 Å². The number of carbonyl (C=O) groups excluding carboxylic acids is 1. The van der Waals surface area contributed by atoms with Crippen LogP contribution < -0.4 is 5.32 Å². The molecule has 0 saturated heterocycles. The van der Waals surface area contributed by atoms with E-state index < -0.39 is 0 Å². The molecule has 1 N–H and O–H groups in total. The van der Waals surface area contributed by atoms with Crippen molar-refractivity contribution in [2.75, 3.05) is 0 Å². The maximum atomic E-state index is 12.0. The summed E-state index contributed by atoms with van der Waals surface area (Å²) in [6.07, 6.45) is 1.76. The summed E-state index contributed by atoms with van der Waals surface area (Å²) in [5.41, 5.74) is 1.16. The Kier molecular flexibility index (Phi) is 3.79. The number of aromatic nitrogens is 2. The van der Waals surface area contributed by atoms with Gasteiger partial charge in [-0.05, 0) is 6.92 Å². The van der Waals surface area contributed by atoms with E-state index in [1.807, 2.05) is 37.3 Å². The van der Waals surface area contributed by atoms with E-state index in [1.54, 1.807) is 23.6 Å². The molecule has 106 valence electrons. The average molecular weight is 299 g/mol. The number of nitrogens with one attached hydrogen (secondary N) is 1. The number of aryl methyl sites for hydroxylation is 1. The summed E-state index contributed by atoms with van der Waals surface area (Å²) in [7, 11) is 0. The molecule has 2 aromatic heterocycles. The van der Waals surface area contributed by atoms with Crippen molar-refractivity contribution in [1.29, 1.82) is 0 Å². The maximum Gasteiger partial charge on any atom is 0.273 e. The molecule has 3 aromatic rings. The summed E-state index contributed by atoms with van der Waals surface area (Å²) in [5, 5.41) is 7.59. The van der Waals surface area contributed by atoms with E-state index in [1.165, 1.54) is 0 Å². The van der Waals surface area contributed by atoms with Gasteiger partial charge in [0.25, 0.3) is 5.91 Å². The van der Waals surface area contributed by atoms with Crippen molar-refractivity contribution in [3.63, 3.8) is 0 Å². The molecule has 0 atom stereocenters. The molecule has 2 heterocycles. The second kappa shape index (κ2) is 5.88. The van der Waals surface area contributed by atoms with E-state index in [-0.39, 0.29) is 11.6 Å². The van der Waals surface area contributed by atoms with Crippen molar-refractivity contribution in [1.82, 2.24) is 15.5 Å². The topological polar surface area (TPSA) is 68.0 Å². The highest BCUT2D eigenvalue weighted by Crippen LogP contribution is 2.19. The average Bonchev–Trinajstić information content (AvgIpc) is 3.15. The summed E-state index contributed by atoms with van der Waals surface area (Å²) in [5.74, 6) is 0.321. The van der Waals surface area contributed by atoms with E-state index in [0.717, 1.165) is 15.4 Å². The number of thiazole rings is 1. The van der Waals surface area contributed by atoms with Gasteiger partial charge < -0.3 is 9.84 Å². The van der Waals surface area contributed by atoms with E-state index in [0.29, 0.717) is 12.3 Å². The lowest BCUT2D eigenvalue weighted by Crippen LogP contribution is -2.22. The normalized spacial score (nSPS) is 10.5. The van der Waals surface area contributed by atoms with Crippen LogP contribution in [0.4, 0.5) is 0 Å². The lowest BCUT2D eigenvalue weighted by Gasteiger charge is -1.98. The van der Waals surface area contributed by atoms with Crippen molar-refractivity contribution < 1.29 is 9.32 Å². The predicted molar refractivity (Wildman–Crippen MR) is 80.0 cm³/mol. The molecule has 6 heteroatoms. The molecule has 0 saturated carbocycles. The van der Waals surface area contributed by atoms with Crippen LogP contribution in [-0.2, 0) is 6.54 Å². The summed E-state index contributed by atoms with van der Waals surface area (Å²) in [4.78, 5) is 17.2. The third-order valence-electron chi connectivity index (χ3n) is 2.89. The van der Waals surface area contributed by atoms with Gasteiger partial charge in [0.2, 0.25) is 0 Å². The number of benzene rings is 1. The van der Waals surface area contributed by atoms with Gasteiger partial charge in [0.05, 0.1) is 11.6 Å². The first kappa shape index (κ1) is 13.5. The minimum Gasteiger partial charge on any atom is -0.355 e. The molecule has 0 radical (unpaired) electrons. The molecule has 0 aliphatic heterocycles. The van der Waals surface area contributed by atoms with Crippen LogP contribution in [0, 0.1) is 6.92 Å². The van der Waals surface area contributed by atoms with E-state index in [2.05, 4.69) is 15.5 Å². The van der Waals surface area contributed by atoms with Crippen molar-refractivity contribution in [2.24, 2.45) is 0 Å². The highest BCUT2D eigenvalue weighted by atomic mass is 32.1. The monoisotopic (exact) mass is 299 g/mol. The Balaban J connectivity index is 1.67. The molecule has 1 amide bonds. The SMILES string of the molecule is Cc1ncc(CNC(=O)c2cc(-c3ccccc3)on2)s1. The van der Waals surface area contributed by atoms with Crippen LogP contribution in [0.5, 0.6) is 0 Å². The van der Waals surface area contributed by atoms with Crippen LogP contribution >= 0.6 is 11.3 Å². The fourth-order valence-electron chi connectivity index (χ4n) is 1.87. The first-order valence-electron chi connectivity index (χ1n) is 6.44. The molecular weight excluding hydrogens is 286 g/mol. The molecule has 3 rings (SSSR count). The molecule has 0 aliphatic rings. The zero-order valence-corrected chi connectivity index (χ0v) is 12.2. The maximum absolute atomic E-state index is 12.0. The number of carbonyl (C=O) groups is 1. The Morgan fingerprint density at radius 2 is 2.14 bits per heavy atom. The van der Waals surface area contributed by atoms with Gasteiger partial charge in [0.15, 0.2) is 11.5 Å². The number of hydrogen-bond donors (Lipinski definition) is 1. The van der Waals surface area contributed by atoms with Crippen LogP contribution in [0.15, 0.2) is 47.1 Å². The van der Waals surface area contributed by atoms with Gasteiger partial charge in [-0.15, -0.1) is 11.3 Å². The largest absolute Gasteiger partial charge is 0.355 e. The Labute approximate surface area is 125 Å². The minimum absolute atomic E-state index is 0.257. The second-order valence-electron chi connectivity index (χ2n) is 4.47. The predicted octanol–water partition coefficient (Wildman–Crippen LogP) is 3.04. The van der Waals surface area contributed by atoms with Crippen LogP contribution in [0.1, 0.15) is 20.4 Å². The second-order valence-corrected chi connectivity index (χ2v) is 5.79. The zero-order valence-electron chi connectivity index (χ0n) is 11.4. The standard InChI is InChI=1S/C15H13N3O2S/c1-10-16-8-12(21-10)9-17-15(19)13-7-14(20-18-13)11-5-3-2-4-6-11/h2-8H,9H2,1H3,(H,17,19). The van der Waals surface area contributed by atoms with Gasteiger partial charge in [0, 0.05) is 22.7 Å².